The number of hydrogen-bond acceptors (Lipinski definition) is 0. The van der Waals surface area contributed by atoms with E-state index in [2.05, 4.69) is 121 Å². The fourth-order valence-electron chi connectivity index (χ4n) is 12.4. The highest BCUT2D eigenvalue weighted by molar-refractivity contribution is 6.58. The molecule has 15 aromatic carbocycles. The Balaban J connectivity index is 1.04. The fourth-order valence-corrected chi connectivity index (χ4v) is 13.9. The van der Waals surface area contributed by atoms with E-state index in [0.29, 0.717) is 0 Å². The van der Waals surface area contributed by atoms with Crippen LogP contribution in [0.4, 0.5) is 0 Å². The summed E-state index contributed by atoms with van der Waals surface area (Å²) in [4.78, 5) is 0. The first-order chi connectivity index (χ1) is 29.5. The summed E-state index contributed by atoms with van der Waals surface area (Å²) in [7, 11) is 0. The predicted octanol–water partition coefficient (Wildman–Crippen LogP) is 18.7. The molecule has 0 fully saturated rings. The molecule has 1 aliphatic rings. The van der Waals surface area contributed by atoms with Crippen molar-refractivity contribution in [1.29, 1.82) is 0 Å². The molecular formula is C56H22Cl4. The zero-order valence-electron chi connectivity index (χ0n) is 31.2. The normalized spacial score (nSPS) is 13.3. The van der Waals surface area contributed by atoms with Gasteiger partial charge in [-0.05, 0) is 119 Å². The predicted molar refractivity (Wildman–Crippen MR) is 263 cm³/mol. The van der Waals surface area contributed by atoms with Gasteiger partial charge in [0.1, 0.15) is 0 Å². The molecule has 0 nitrogen and oxygen atoms in total. The smallest absolute Gasteiger partial charge is 0.0576 e. The van der Waals surface area contributed by atoms with E-state index in [0.717, 1.165) is 96.2 Å². The van der Waals surface area contributed by atoms with E-state index in [-0.39, 0.29) is 0 Å². The summed E-state index contributed by atoms with van der Waals surface area (Å²) in [5.74, 6) is 0. The van der Waals surface area contributed by atoms with E-state index in [1.165, 1.54) is 86.2 Å². The zero-order chi connectivity index (χ0) is 39.2. The minimum Gasteiger partial charge on any atom is -0.0830 e. The van der Waals surface area contributed by atoms with E-state index in [1.54, 1.807) is 0 Å². The summed E-state index contributed by atoms with van der Waals surface area (Å²) >= 11 is 29.9. The molecule has 0 N–H and O–H groups in total. The quantitative estimate of drug-likeness (QED) is 0.105. The van der Waals surface area contributed by atoms with Crippen LogP contribution in [0.2, 0.25) is 20.1 Å². The van der Waals surface area contributed by atoms with Crippen LogP contribution in [0.1, 0.15) is 0 Å². The fraction of sp³-hybridized carbons (Fsp3) is 0. The van der Waals surface area contributed by atoms with Crippen molar-refractivity contribution >= 4 is 186 Å². The van der Waals surface area contributed by atoms with Crippen molar-refractivity contribution in [3.8, 4) is 22.3 Å². The Bertz CT molecular complexity index is 4290. The molecule has 0 aromatic heterocycles. The molecule has 15 aromatic rings. The van der Waals surface area contributed by atoms with Gasteiger partial charge in [-0.25, -0.2) is 0 Å². The lowest BCUT2D eigenvalue weighted by molar-refractivity contribution is 1.73. The van der Waals surface area contributed by atoms with Gasteiger partial charge in [-0.1, -0.05) is 180 Å². The van der Waals surface area contributed by atoms with Crippen molar-refractivity contribution in [1.82, 2.24) is 0 Å². The van der Waals surface area contributed by atoms with Crippen LogP contribution in [0.5, 0.6) is 0 Å². The van der Waals surface area contributed by atoms with Gasteiger partial charge in [0.05, 0.1) is 20.1 Å². The number of halogens is 4. The second kappa shape index (κ2) is 10.2. The van der Waals surface area contributed by atoms with Gasteiger partial charge in [-0.15, -0.1) is 0 Å². The highest BCUT2D eigenvalue weighted by Crippen LogP contribution is 2.60. The Hall–Kier alpha value is -6.12. The molecule has 16 rings (SSSR count). The molecular weight excluding hydrogens is 814 g/mol. The maximum absolute atomic E-state index is 7.65. The molecule has 0 spiro atoms. The van der Waals surface area contributed by atoms with Crippen molar-refractivity contribution in [2.24, 2.45) is 0 Å². The molecule has 0 saturated carbocycles. The second-order valence-electron chi connectivity index (χ2n) is 17.0. The van der Waals surface area contributed by atoms with E-state index >= 15 is 0 Å². The maximum Gasteiger partial charge on any atom is 0.0576 e. The molecule has 0 bridgehead atoms. The molecule has 274 valence electrons. The van der Waals surface area contributed by atoms with Gasteiger partial charge in [0, 0.05) is 43.4 Å². The standard InChI is InChI=1S/C56H22Cl4/c57-53-32-7-1-2-8-33(32)54(58)48-37-20-16-29-25-12-14-27-31-18-22-39-46-38(51-52(39)56(60)50-35-10-4-6-23-5-3-9-34(40(23)35)49(50)55(51)59)21-17-30(44(31)46)26-13-11-24(41(25)42(26)27)28-15-19-36(47(48)53)45(37)43(28)29/h1-22H. The molecule has 60 heavy (non-hydrogen) atoms. The second-order valence-corrected chi connectivity index (χ2v) is 18.5. The van der Waals surface area contributed by atoms with Gasteiger partial charge in [0.15, 0.2) is 0 Å². The van der Waals surface area contributed by atoms with Crippen molar-refractivity contribution in [2.75, 3.05) is 0 Å². The van der Waals surface area contributed by atoms with Gasteiger partial charge in [0.25, 0.3) is 0 Å². The first-order valence-electron chi connectivity index (χ1n) is 20.3. The van der Waals surface area contributed by atoms with Gasteiger partial charge < -0.3 is 0 Å². The lowest BCUT2D eigenvalue weighted by Gasteiger charge is -2.20. The average Bonchev–Trinajstić information content (AvgIpc) is 3.94. The number of fused-ring (bicyclic) bond motifs is 14. The first-order valence-corrected chi connectivity index (χ1v) is 21.8. The highest BCUT2D eigenvalue weighted by atomic mass is 35.5. The lowest BCUT2D eigenvalue weighted by atomic mass is 9.83. The molecule has 1 aliphatic carbocycles. The monoisotopic (exact) mass is 834 g/mol. The van der Waals surface area contributed by atoms with Crippen LogP contribution < -0.4 is 0 Å². The van der Waals surface area contributed by atoms with Crippen molar-refractivity contribution < 1.29 is 0 Å². The number of benzene rings is 13. The highest BCUT2D eigenvalue weighted by Gasteiger charge is 2.32. The van der Waals surface area contributed by atoms with Crippen molar-refractivity contribution in [2.45, 2.75) is 0 Å². The molecule has 0 radical (unpaired) electrons. The Morgan fingerprint density at radius 2 is 0.500 bits per heavy atom. The van der Waals surface area contributed by atoms with Gasteiger partial charge in [-0.3, -0.25) is 0 Å². The van der Waals surface area contributed by atoms with E-state index in [1.807, 2.05) is 12.1 Å². The van der Waals surface area contributed by atoms with Crippen LogP contribution in [-0.2, 0) is 0 Å². The molecule has 0 unspecified atom stereocenters. The van der Waals surface area contributed by atoms with E-state index in [4.69, 9.17) is 46.4 Å². The Kier molecular flexibility index (Phi) is 5.42. The van der Waals surface area contributed by atoms with Crippen LogP contribution >= 0.6 is 46.4 Å². The van der Waals surface area contributed by atoms with Gasteiger partial charge in [-0.2, -0.15) is 0 Å². The molecule has 0 aliphatic heterocycles. The van der Waals surface area contributed by atoms with Crippen LogP contribution in [0.3, 0.4) is 0 Å². The zero-order valence-corrected chi connectivity index (χ0v) is 34.2. The Morgan fingerprint density at radius 1 is 0.200 bits per heavy atom. The van der Waals surface area contributed by atoms with E-state index in [9.17, 15) is 0 Å². The molecule has 4 heteroatoms. The minimum absolute atomic E-state index is 0.760. The summed E-state index contributed by atoms with van der Waals surface area (Å²) in [6.07, 6.45) is 0. The van der Waals surface area contributed by atoms with Gasteiger partial charge >= 0.3 is 0 Å². The van der Waals surface area contributed by atoms with E-state index < -0.39 is 0 Å². The number of rotatable bonds is 0. The Morgan fingerprint density at radius 3 is 0.900 bits per heavy atom. The molecule has 0 heterocycles. The number of hydrogen-bond donors (Lipinski definition) is 0. The van der Waals surface area contributed by atoms with Crippen LogP contribution in [0.15, 0.2) is 133 Å². The maximum atomic E-state index is 7.65. The largest absolute Gasteiger partial charge is 0.0830 e. The van der Waals surface area contributed by atoms with Crippen molar-refractivity contribution in [3.05, 3.63) is 154 Å². The summed E-state index contributed by atoms with van der Waals surface area (Å²) in [5, 5.41) is 33.9. The minimum atomic E-state index is 0.760. The third-order valence-corrected chi connectivity index (χ3v) is 16.2. The SMILES string of the molecule is Clc1c2c(c(Cl)c3ccccc13)-c1ccc3c4ccc5c6ccc7c8c(Cl)c9c%10cccc%11cccc(c9c(Cl)c8c8ccc(c9ccc(c%12ccc-2c1c%123)c4c95)c6c87)c%11%10. The lowest BCUT2D eigenvalue weighted by Crippen LogP contribution is -1.91. The molecule has 0 amide bonds. The summed E-state index contributed by atoms with van der Waals surface area (Å²) in [6, 6.07) is 49.0. The van der Waals surface area contributed by atoms with Crippen LogP contribution in [0, 0.1) is 0 Å². The van der Waals surface area contributed by atoms with Crippen LogP contribution in [0.25, 0.3) is 162 Å². The van der Waals surface area contributed by atoms with Crippen LogP contribution in [-0.4, -0.2) is 0 Å². The first kappa shape index (κ1) is 31.8. The van der Waals surface area contributed by atoms with Crippen molar-refractivity contribution in [3.63, 3.8) is 0 Å². The summed E-state index contributed by atoms with van der Waals surface area (Å²) in [5.41, 5.74) is 4.37. The Labute approximate surface area is 359 Å². The molecule has 0 saturated heterocycles. The summed E-state index contributed by atoms with van der Waals surface area (Å²) in [6.45, 7) is 0. The third kappa shape index (κ3) is 3.26. The van der Waals surface area contributed by atoms with Gasteiger partial charge in [0.2, 0.25) is 0 Å². The average molecular weight is 837 g/mol. The summed E-state index contributed by atoms with van der Waals surface area (Å²) < 4.78 is 0. The topological polar surface area (TPSA) is 0 Å². The molecule has 0 atom stereocenters. The third-order valence-electron chi connectivity index (χ3n) is 14.6.